The number of hydrogen-bond acceptors (Lipinski definition) is 3. The first-order valence-electron chi connectivity index (χ1n) is 9.65. The number of benzene rings is 1. The highest BCUT2D eigenvalue weighted by Gasteiger charge is 2.24. The molecule has 5 nitrogen and oxygen atoms in total. The quantitative estimate of drug-likeness (QED) is 0.741. The number of carbonyl (C=O) groups excluding carboxylic acids is 2. The Morgan fingerprint density at radius 3 is 2.54 bits per heavy atom. The summed E-state index contributed by atoms with van der Waals surface area (Å²) in [5, 5.41) is 5.75. The molecule has 2 aliphatic rings. The first kappa shape index (κ1) is 19.4. The summed E-state index contributed by atoms with van der Waals surface area (Å²) >= 11 is 3.35. The molecule has 26 heavy (non-hydrogen) atoms. The van der Waals surface area contributed by atoms with Crippen molar-refractivity contribution in [2.75, 3.05) is 26.2 Å². The minimum Gasteiger partial charge on any atom is -0.352 e. The Hall–Kier alpha value is -1.40. The van der Waals surface area contributed by atoms with E-state index in [-0.39, 0.29) is 24.4 Å². The molecule has 1 aliphatic carbocycles. The van der Waals surface area contributed by atoms with Crippen LogP contribution in [0.1, 0.15) is 48.9 Å². The van der Waals surface area contributed by atoms with Gasteiger partial charge in [0, 0.05) is 35.7 Å². The Bertz CT molecular complexity index is 623. The Kier molecular flexibility index (Phi) is 7.08. The van der Waals surface area contributed by atoms with Gasteiger partial charge < -0.3 is 15.5 Å². The molecule has 1 aromatic rings. The van der Waals surface area contributed by atoms with Gasteiger partial charge >= 0.3 is 0 Å². The van der Waals surface area contributed by atoms with Crippen LogP contribution in [0.3, 0.4) is 0 Å². The van der Waals surface area contributed by atoms with Crippen molar-refractivity contribution in [3.8, 4) is 0 Å². The van der Waals surface area contributed by atoms with Crippen molar-refractivity contribution in [2.45, 2.75) is 44.6 Å². The fraction of sp³-hybridized carbons (Fsp3) is 0.600. The fourth-order valence-electron chi connectivity index (χ4n) is 3.99. The maximum Gasteiger partial charge on any atom is 0.251 e. The van der Waals surface area contributed by atoms with Gasteiger partial charge in [0.25, 0.3) is 5.91 Å². The smallest absolute Gasteiger partial charge is 0.251 e. The van der Waals surface area contributed by atoms with Crippen LogP contribution < -0.4 is 10.6 Å². The van der Waals surface area contributed by atoms with Crippen molar-refractivity contribution in [3.05, 3.63) is 34.3 Å². The zero-order chi connectivity index (χ0) is 18.4. The largest absolute Gasteiger partial charge is 0.352 e. The Morgan fingerprint density at radius 1 is 1.12 bits per heavy atom. The summed E-state index contributed by atoms with van der Waals surface area (Å²) in [6, 6.07) is 7.37. The van der Waals surface area contributed by atoms with Gasteiger partial charge in [-0.15, -0.1) is 0 Å². The molecule has 1 saturated carbocycles. The predicted octanol–water partition coefficient (Wildman–Crippen LogP) is 2.95. The standard InChI is InChI=1S/C20H28BrN3O2/c21-17-7-3-6-16(12-17)20(26)22-13-19(25)23-18-8-10-24(11-9-18)14-15-4-1-2-5-15/h3,6-7,12,15,18H,1-2,4-5,8-11,13-14H2,(H,22,26)(H,23,25). The number of nitrogens with zero attached hydrogens (tertiary/aromatic N) is 1. The van der Waals surface area contributed by atoms with Crippen LogP contribution in [0, 0.1) is 5.92 Å². The van der Waals surface area contributed by atoms with Gasteiger partial charge in [-0.3, -0.25) is 9.59 Å². The number of halogens is 1. The number of carbonyl (C=O) groups is 2. The Balaban J connectivity index is 1.34. The highest BCUT2D eigenvalue weighted by molar-refractivity contribution is 9.10. The summed E-state index contributed by atoms with van der Waals surface area (Å²) in [5.74, 6) is 0.546. The van der Waals surface area contributed by atoms with Gasteiger partial charge in [-0.25, -0.2) is 0 Å². The van der Waals surface area contributed by atoms with Crippen LogP contribution in [0.2, 0.25) is 0 Å². The molecule has 1 aliphatic heterocycles. The number of piperidine rings is 1. The van der Waals surface area contributed by atoms with Crippen molar-refractivity contribution in [1.29, 1.82) is 0 Å². The molecule has 0 aromatic heterocycles. The molecule has 2 N–H and O–H groups in total. The molecular formula is C20H28BrN3O2. The third kappa shape index (κ3) is 5.81. The minimum atomic E-state index is -0.229. The van der Waals surface area contributed by atoms with Crippen LogP contribution in [0.4, 0.5) is 0 Å². The van der Waals surface area contributed by atoms with E-state index < -0.39 is 0 Å². The van der Waals surface area contributed by atoms with Crippen LogP contribution in [-0.2, 0) is 4.79 Å². The van der Waals surface area contributed by atoms with Gasteiger partial charge in [-0.1, -0.05) is 34.8 Å². The zero-order valence-electron chi connectivity index (χ0n) is 15.2. The molecule has 0 bridgehead atoms. The van der Waals surface area contributed by atoms with E-state index in [9.17, 15) is 9.59 Å². The van der Waals surface area contributed by atoms with Crippen molar-refractivity contribution >= 4 is 27.7 Å². The topological polar surface area (TPSA) is 61.4 Å². The van der Waals surface area contributed by atoms with Gasteiger partial charge in [0.15, 0.2) is 0 Å². The van der Waals surface area contributed by atoms with Gasteiger partial charge in [0.05, 0.1) is 6.54 Å². The Labute approximate surface area is 164 Å². The molecule has 6 heteroatoms. The summed E-state index contributed by atoms with van der Waals surface area (Å²) in [6.45, 7) is 3.37. The molecule has 1 saturated heterocycles. The lowest BCUT2D eigenvalue weighted by Crippen LogP contribution is -2.48. The lowest BCUT2D eigenvalue weighted by atomic mass is 10.0. The minimum absolute atomic E-state index is 0.0215. The van der Waals surface area contributed by atoms with Gasteiger partial charge in [-0.2, -0.15) is 0 Å². The first-order chi connectivity index (χ1) is 12.6. The van der Waals surface area contributed by atoms with Crippen molar-refractivity contribution < 1.29 is 9.59 Å². The highest BCUT2D eigenvalue weighted by Crippen LogP contribution is 2.26. The van der Waals surface area contributed by atoms with E-state index in [0.717, 1.165) is 36.3 Å². The SMILES string of the molecule is O=C(CNC(=O)c1cccc(Br)c1)NC1CCN(CC2CCCC2)CC1. The number of nitrogens with one attached hydrogen (secondary N) is 2. The van der Waals surface area contributed by atoms with E-state index in [1.54, 1.807) is 18.2 Å². The predicted molar refractivity (Wildman–Crippen MR) is 106 cm³/mol. The second-order valence-electron chi connectivity index (χ2n) is 7.49. The summed E-state index contributed by atoms with van der Waals surface area (Å²) in [7, 11) is 0. The Morgan fingerprint density at radius 2 is 1.85 bits per heavy atom. The second-order valence-corrected chi connectivity index (χ2v) is 8.40. The van der Waals surface area contributed by atoms with Gasteiger partial charge in [0.1, 0.15) is 0 Å². The molecule has 2 fully saturated rings. The van der Waals surface area contributed by atoms with Crippen LogP contribution in [0.15, 0.2) is 28.7 Å². The number of likely N-dealkylation sites (tertiary alicyclic amines) is 1. The summed E-state index contributed by atoms with van der Waals surface area (Å²) in [6.07, 6.45) is 7.55. The molecule has 3 rings (SSSR count). The summed E-state index contributed by atoms with van der Waals surface area (Å²) in [5.41, 5.74) is 0.549. The maximum absolute atomic E-state index is 12.1. The average Bonchev–Trinajstić information content (AvgIpc) is 3.14. The molecular weight excluding hydrogens is 394 g/mol. The molecule has 0 unspecified atom stereocenters. The van der Waals surface area contributed by atoms with E-state index >= 15 is 0 Å². The lowest BCUT2D eigenvalue weighted by Gasteiger charge is -2.33. The number of hydrogen-bond donors (Lipinski definition) is 2. The number of rotatable bonds is 6. The highest BCUT2D eigenvalue weighted by atomic mass is 79.9. The lowest BCUT2D eigenvalue weighted by molar-refractivity contribution is -0.121. The zero-order valence-corrected chi connectivity index (χ0v) is 16.8. The van der Waals surface area contributed by atoms with E-state index in [2.05, 4.69) is 31.5 Å². The molecule has 0 radical (unpaired) electrons. The van der Waals surface area contributed by atoms with Gasteiger partial charge in [0.2, 0.25) is 5.91 Å². The van der Waals surface area contributed by atoms with Crippen LogP contribution in [-0.4, -0.2) is 48.9 Å². The fourth-order valence-corrected chi connectivity index (χ4v) is 4.39. The third-order valence-corrected chi connectivity index (χ3v) is 5.93. The van der Waals surface area contributed by atoms with Crippen LogP contribution >= 0.6 is 15.9 Å². The molecule has 1 aromatic carbocycles. The van der Waals surface area contributed by atoms with Crippen LogP contribution in [0.25, 0.3) is 0 Å². The van der Waals surface area contributed by atoms with E-state index in [1.165, 1.54) is 32.2 Å². The molecule has 0 spiro atoms. The van der Waals surface area contributed by atoms with E-state index in [4.69, 9.17) is 0 Å². The van der Waals surface area contributed by atoms with Crippen molar-refractivity contribution in [3.63, 3.8) is 0 Å². The molecule has 2 amide bonds. The van der Waals surface area contributed by atoms with E-state index in [1.807, 2.05) is 6.07 Å². The van der Waals surface area contributed by atoms with E-state index in [0.29, 0.717) is 5.56 Å². The monoisotopic (exact) mass is 421 g/mol. The maximum atomic E-state index is 12.1. The molecule has 1 heterocycles. The molecule has 142 valence electrons. The van der Waals surface area contributed by atoms with Crippen LogP contribution in [0.5, 0.6) is 0 Å². The summed E-state index contributed by atoms with van der Waals surface area (Å²) < 4.78 is 0.846. The number of amides is 2. The average molecular weight is 422 g/mol. The normalized spacial score (nSPS) is 19.4. The molecule has 0 atom stereocenters. The van der Waals surface area contributed by atoms with Crippen molar-refractivity contribution in [1.82, 2.24) is 15.5 Å². The summed E-state index contributed by atoms with van der Waals surface area (Å²) in [4.78, 5) is 26.8. The van der Waals surface area contributed by atoms with Crippen molar-refractivity contribution in [2.24, 2.45) is 5.92 Å². The van der Waals surface area contributed by atoms with Gasteiger partial charge in [-0.05, 0) is 49.8 Å². The second kappa shape index (κ2) is 9.51. The third-order valence-electron chi connectivity index (χ3n) is 5.44. The first-order valence-corrected chi connectivity index (χ1v) is 10.4.